The molecule has 2 rings (SSSR count). The van der Waals surface area contributed by atoms with Crippen LogP contribution < -0.4 is 0 Å². The van der Waals surface area contributed by atoms with Crippen molar-refractivity contribution in [3.63, 3.8) is 0 Å². The van der Waals surface area contributed by atoms with E-state index in [1.807, 2.05) is 18.3 Å². The van der Waals surface area contributed by atoms with Crippen molar-refractivity contribution in [1.29, 1.82) is 0 Å². The molecule has 0 fully saturated rings. The van der Waals surface area contributed by atoms with Crippen molar-refractivity contribution in [1.82, 2.24) is 4.98 Å². The Morgan fingerprint density at radius 1 is 1.42 bits per heavy atom. The van der Waals surface area contributed by atoms with E-state index in [1.54, 1.807) is 6.07 Å². The molecule has 0 aliphatic carbocycles. The van der Waals surface area contributed by atoms with Gasteiger partial charge in [0.1, 0.15) is 0 Å². The minimum Gasteiger partial charge on any atom is -0.359 e. The fraction of sp³-hybridized carbons (Fsp3) is 0. The molecule has 0 aliphatic rings. The number of hydrogen-bond donors (Lipinski definition) is 1. The summed E-state index contributed by atoms with van der Waals surface area (Å²) in [4.78, 5) is 13.6. The molecule has 3 heteroatoms. The van der Waals surface area contributed by atoms with Crippen LogP contribution in [0.1, 0.15) is 10.4 Å². The van der Waals surface area contributed by atoms with Crippen molar-refractivity contribution >= 4 is 33.1 Å². The first-order chi connectivity index (χ1) is 5.83. The molecule has 1 aromatic carbocycles. The van der Waals surface area contributed by atoms with Crippen LogP contribution in [-0.2, 0) is 0 Å². The van der Waals surface area contributed by atoms with Crippen LogP contribution in [0.3, 0.4) is 0 Å². The Hall–Kier alpha value is -1.09. The predicted octanol–water partition coefficient (Wildman–Crippen LogP) is 2.74. The fourth-order valence-electron chi connectivity index (χ4n) is 1.24. The molecule has 12 heavy (non-hydrogen) atoms. The highest BCUT2D eigenvalue weighted by Crippen LogP contribution is 2.24. The first kappa shape index (κ1) is 7.55. The van der Waals surface area contributed by atoms with Crippen LogP contribution in [-0.4, -0.2) is 11.3 Å². The first-order valence-electron chi connectivity index (χ1n) is 3.53. The molecule has 60 valence electrons. The zero-order valence-corrected chi connectivity index (χ0v) is 7.76. The largest absolute Gasteiger partial charge is 0.359 e. The van der Waals surface area contributed by atoms with Crippen molar-refractivity contribution < 1.29 is 4.79 Å². The van der Waals surface area contributed by atoms with Crippen LogP contribution in [0.15, 0.2) is 28.9 Å². The van der Waals surface area contributed by atoms with Gasteiger partial charge in [0.25, 0.3) is 0 Å². The van der Waals surface area contributed by atoms with Crippen molar-refractivity contribution in [2.45, 2.75) is 0 Å². The van der Waals surface area contributed by atoms with Crippen molar-refractivity contribution in [2.75, 3.05) is 0 Å². The summed E-state index contributed by atoms with van der Waals surface area (Å²) in [6, 6.07) is 5.62. The van der Waals surface area contributed by atoms with Gasteiger partial charge in [-0.1, -0.05) is 12.1 Å². The Morgan fingerprint density at radius 3 is 3.00 bits per heavy atom. The average Bonchev–Trinajstić information content (AvgIpc) is 2.48. The number of para-hydroxylation sites is 1. The Kier molecular flexibility index (Phi) is 1.73. The maximum Gasteiger partial charge on any atom is 0.152 e. The molecule has 0 amide bonds. The van der Waals surface area contributed by atoms with Gasteiger partial charge in [-0.05, 0) is 22.0 Å². The zero-order valence-electron chi connectivity index (χ0n) is 6.17. The number of halogens is 1. The van der Waals surface area contributed by atoms with E-state index in [0.717, 1.165) is 21.7 Å². The zero-order chi connectivity index (χ0) is 8.55. The lowest BCUT2D eigenvalue weighted by molar-refractivity contribution is 0.112. The molecule has 0 radical (unpaired) electrons. The SMILES string of the molecule is O=Cc1cccc2c(Br)c[nH]c12. The van der Waals surface area contributed by atoms with Gasteiger partial charge in [-0.2, -0.15) is 0 Å². The molecular formula is C9H6BrNO. The van der Waals surface area contributed by atoms with Gasteiger partial charge in [0.2, 0.25) is 0 Å². The van der Waals surface area contributed by atoms with Crippen LogP contribution in [0.4, 0.5) is 0 Å². The Balaban J connectivity index is 2.89. The van der Waals surface area contributed by atoms with Gasteiger partial charge in [0.15, 0.2) is 6.29 Å². The van der Waals surface area contributed by atoms with E-state index < -0.39 is 0 Å². The number of rotatable bonds is 1. The number of aromatic amines is 1. The summed E-state index contributed by atoms with van der Waals surface area (Å²) in [6.45, 7) is 0. The second-order valence-electron chi connectivity index (χ2n) is 2.52. The van der Waals surface area contributed by atoms with Gasteiger partial charge in [0.05, 0.1) is 5.52 Å². The monoisotopic (exact) mass is 223 g/mol. The number of H-pyrrole nitrogens is 1. The van der Waals surface area contributed by atoms with Crippen LogP contribution in [0.2, 0.25) is 0 Å². The molecule has 1 N–H and O–H groups in total. The molecule has 0 bridgehead atoms. The van der Waals surface area contributed by atoms with E-state index in [2.05, 4.69) is 20.9 Å². The third-order valence-electron chi connectivity index (χ3n) is 1.82. The number of benzene rings is 1. The average molecular weight is 224 g/mol. The molecule has 1 aromatic heterocycles. The molecule has 1 heterocycles. The van der Waals surface area contributed by atoms with Crippen molar-refractivity contribution in [3.8, 4) is 0 Å². The van der Waals surface area contributed by atoms with E-state index in [-0.39, 0.29) is 0 Å². The predicted molar refractivity (Wildman–Crippen MR) is 51.4 cm³/mol. The molecule has 0 saturated heterocycles. The number of carbonyl (C=O) groups is 1. The quantitative estimate of drug-likeness (QED) is 0.742. The van der Waals surface area contributed by atoms with Gasteiger partial charge in [-0.15, -0.1) is 0 Å². The smallest absolute Gasteiger partial charge is 0.152 e. The molecule has 0 spiro atoms. The number of fused-ring (bicyclic) bond motifs is 1. The van der Waals surface area contributed by atoms with Gasteiger partial charge < -0.3 is 4.98 Å². The minimum absolute atomic E-state index is 0.693. The van der Waals surface area contributed by atoms with Gasteiger partial charge in [-0.3, -0.25) is 4.79 Å². The molecular weight excluding hydrogens is 218 g/mol. The molecule has 2 nitrogen and oxygen atoms in total. The maximum atomic E-state index is 10.6. The summed E-state index contributed by atoms with van der Waals surface area (Å²) in [5.41, 5.74) is 1.58. The number of aromatic nitrogens is 1. The summed E-state index contributed by atoms with van der Waals surface area (Å²) in [5, 5.41) is 1.04. The summed E-state index contributed by atoms with van der Waals surface area (Å²) in [5.74, 6) is 0. The van der Waals surface area contributed by atoms with Gasteiger partial charge in [0, 0.05) is 21.6 Å². The second kappa shape index (κ2) is 2.75. The van der Waals surface area contributed by atoms with Crippen LogP contribution in [0.5, 0.6) is 0 Å². The summed E-state index contributed by atoms with van der Waals surface area (Å²) in [6.07, 6.45) is 2.68. The highest BCUT2D eigenvalue weighted by Gasteiger charge is 2.03. The highest BCUT2D eigenvalue weighted by atomic mass is 79.9. The Labute approximate surface area is 77.7 Å². The summed E-state index contributed by atoms with van der Waals surface area (Å²) in [7, 11) is 0. The topological polar surface area (TPSA) is 32.9 Å². The van der Waals surface area contributed by atoms with E-state index in [0.29, 0.717) is 5.56 Å². The lowest BCUT2D eigenvalue weighted by Crippen LogP contribution is -1.80. The molecule has 2 aromatic rings. The highest BCUT2D eigenvalue weighted by molar-refractivity contribution is 9.10. The normalized spacial score (nSPS) is 10.4. The van der Waals surface area contributed by atoms with Gasteiger partial charge >= 0.3 is 0 Å². The molecule has 0 saturated carbocycles. The molecule has 0 atom stereocenters. The minimum atomic E-state index is 0.693. The number of aldehydes is 1. The van der Waals surface area contributed by atoms with Crippen LogP contribution in [0, 0.1) is 0 Å². The summed E-state index contributed by atoms with van der Waals surface area (Å²) >= 11 is 3.38. The van der Waals surface area contributed by atoms with Crippen LogP contribution >= 0.6 is 15.9 Å². The fourth-order valence-corrected chi connectivity index (χ4v) is 1.69. The lowest BCUT2D eigenvalue weighted by Gasteiger charge is -1.92. The number of hydrogen-bond acceptors (Lipinski definition) is 1. The number of carbonyl (C=O) groups excluding carboxylic acids is 1. The molecule has 0 aliphatic heterocycles. The Bertz CT molecular complexity index is 433. The van der Waals surface area contributed by atoms with Crippen LogP contribution in [0.25, 0.3) is 10.9 Å². The van der Waals surface area contributed by atoms with E-state index in [1.165, 1.54) is 0 Å². The Morgan fingerprint density at radius 2 is 2.25 bits per heavy atom. The maximum absolute atomic E-state index is 10.6. The van der Waals surface area contributed by atoms with Crippen molar-refractivity contribution in [3.05, 3.63) is 34.4 Å². The van der Waals surface area contributed by atoms with E-state index in [4.69, 9.17) is 0 Å². The van der Waals surface area contributed by atoms with E-state index >= 15 is 0 Å². The first-order valence-corrected chi connectivity index (χ1v) is 4.33. The standard InChI is InChI=1S/C9H6BrNO/c10-8-4-11-9-6(5-12)2-1-3-7(8)9/h1-5,11H. The molecule has 0 unspecified atom stereocenters. The summed E-state index contributed by atoms with van der Waals surface area (Å²) < 4.78 is 0.987. The van der Waals surface area contributed by atoms with Gasteiger partial charge in [-0.25, -0.2) is 0 Å². The second-order valence-corrected chi connectivity index (χ2v) is 3.38. The number of nitrogens with one attached hydrogen (secondary N) is 1. The van der Waals surface area contributed by atoms with Crippen molar-refractivity contribution in [2.24, 2.45) is 0 Å². The third-order valence-corrected chi connectivity index (χ3v) is 2.48. The third kappa shape index (κ3) is 0.975. The lowest BCUT2D eigenvalue weighted by atomic mass is 10.2. The van der Waals surface area contributed by atoms with E-state index in [9.17, 15) is 4.79 Å².